The molecule has 0 N–H and O–H groups in total. The molecule has 1 aliphatic rings. The van der Waals surface area contributed by atoms with Crippen LogP contribution in [0.4, 0.5) is 0 Å². The van der Waals surface area contributed by atoms with Gasteiger partial charge >= 0.3 is 5.97 Å². The Morgan fingerprint density at radius 3 is 2.58 bits per heavy atom. The molecule has 9 heteroatoms. The molecule has 1 aromatic heterocycles. The maximum Gasteiger partial charge on any atom is 0.338 e. The van der Waals surface area contributed by atoms with Crippen molar-refractivity contribution in [1.82, 2.24) is 4.57 Å². The Kier molecular flexibility index (Phi) is 8.23. The van der Waals surface area contributed by atoms with E-state index in [-0.39, 0.29) is 24.9 Å². The first kappa shape index (κ1) is 26.1. The second-order valence-electron chi connectivity index (χ2n) is 8.47. The second kappa shape index (κ2) is 11.4. The molecule has 7 nitrogen and oxygen atoms in total. The zero-order chi connectivity index (χ0) is 25.8. The number of benzene rings is 2. The van der Waals surface area contributed by atoms with Crippen LogP contribution in [0.15, 0.2) is 74.1 Å². The molecule has 0 bridgehead atoms. The number of aromatic nitrogens is 1. The lowest BCUT2D eigenvalue weighted by atomic mass is 9.95. The molecule has 0 fully saturated rings. The van der Waals surface area contributed by atoms with Crippen LogP contribution in [0.2, 0.25) is 0 Å². The molecule has 1 aliphatic heterocycles. The number of methoxy groups -OCH3 is 1. The van der Waals surface area contributed by atoms with E-state index in [0.29, 0.717) is 31.9 Å². The largest absolute Gasteiger partial charge is 0.491 e. The molecule has 0 radical (unpaired) electrons. The minimum absolute atomic E-state index is 0.0942. The Morgan fingerprint density at radius 1 is 1.17 bits per heavy atom. The number of carbonyl (C=O) groups is 1. The number of ether oxygens (including phenoxy) is 3. The predicted molar refractivity (Wildman–Crippen MR) is 143 cm³/mol. The van der Waals surface area contributed by atoms with Crippen molar-refractivity contribution in [1.29, 1.82) is 0 Å². The van der Waals surface area contributed by atoms with Gasteiger partial charge in [-0.3, -0.25) is 9.36 Å². The van der Waals surface area contributed by atoms with Crippen molar-refractivity contribution in [3.05, 3.63) is 95.1 Å². The van der Waals surface area contributed by atoms with Crippen LogP contribution in [0.25, 0.3) is 6.08 Å². The molecule has 0 saturated carbocycles. The molecule has 3 aromatic rings. The average Bonchev–Trinajstić information content (AvgIpc) is 3.14. The molecule has 0 saturated heterocycles. The monoisotopic (exact) mass is 570 g/mol. The average molecular weight is 571 g/mol. The van der Waals surface area contributed by atoms with E-state index in [1.807, 2.05) is 68.5 Å². The number of carbonyl (C=O) groups excluding carboxylic acids is 1. The van der Waals surface area contributed by atoms with Gasteiger partial charge in [-0.05, 0) is 50.6 Å². The van der Waals surface area contributed by atoms with Gasteiger partial charge in [-0.2, -0.15) is 0 Å². The van der Waals surface area contributed by atoms with E-state index in [1.165, 1.54) is 18.4 Å². The van der Waals surface area contributed by atoms with E-state index in [0.717, 1.165) is 10.0 Å². The van der Waals surface area contributed by atoms with Crippen molar-refractivity contribution in [3.8, 4) is 5.75 Å². The van der Waals surface area contributed by atoms with E-state index in [2.05, 4.69) is 20.9 Å². The van der Waals surface area contributed by atoms with E-state index < -0.39 is 12.0 Å². The summed E-state index contributed by atoms with van der Waals surface area (Å²) in [6, 6.07) is 14.4. The molecule has 0 amide bonds. The standard InChI is InChI=1S/C27H27BrN2O5S/c1-16(2)35-21-8-6-5-7-20(21)24-23(26(32)34-14-13-33-4)17(3)29-27-30(24)25(31)22(36-27)15-18-9-11-19(28)12-10-18/h5-12,15-16,24H,13-14H2,1-4H3/b22-15+/t24-/m0/s1. The molecule has 4 rings (SSSR count). The van der Waals surface area contributed by atoms with Crippen molar-refractivity contribution in [2.45, 2.75) is 32.9 Å². The SMILES string of the molecule is COCCOC(=O)C1=C(C)N=c2s/c(=C/c3ccc(Br)cc3)c(=O)n2[C@H]1c1ccccc1OC(C)C. The van der Waals surface area contributed by atoms with Gasteiger partial charge in [0.2, 0.25) is 0 Å². The molecule has 36 heavy (non-hydrogen) atoms. The van der Waals surface area contributed by atoms with Crippen molar-refractivity contribution in [2.24, 2.45) is 4.99 Å². The topological polar surface area (TPSA) is 79.1 Å². The molecule has 0 aliphatic carbocycles. The van der Waals surface area contributed by atoms with Gasteiger partial charge in [0, 0.05) is 17.1 Å². The van der Waals surface area contributed by atoms with Gasteiger partial charge in [-0.15, -0.1) is 0 Å². The van der Waals surface area contributed by atoms with Gasteiger partial charge in [0.15, 0.2) is 4.80 Å². The highest BCUT2D eigenvalue weighted by molar-refractivity contribution is 9.10. The summed E-state index contributed by atoms with van der Waals surface area (Å²) in [5, 5.41) is 0. The minimum Gasteiger partial charge on any atom is -0.491 e. The Bertz CT molecular complexity index is 1470. The van der Waals surface area contributed by atoms with E-state index >= 15 is 0 Å². The summed E-state index contributed by atoms with van der Waals surface area (Å²) < 4.78 is 19.6. The summed E-state index contributed by atoms with van der Waals surface area (Å²) in [5.74, 6) is 0.0525. The Labute approximate surface area is 221 Å². The normalized spacial score (nSPS) is 15.6. The van der Waals surface area contributed by atoms with Crippen LogP contribution in [-0.4, -0.2) is 37.0 Å². The van der Waals surface area contributed by atoms with Gasteiger partial charge in [-0.1, -0.05) is 57.6 Å². The van der Waals surface area contributed by atoms with Crippen LogP contribution < -0.4 is 19.6 Å². The van der Waals surface area contributed by atoms with Crippen molar-refractivity contribution in [3.63, 3.8) is 0 Å². The number of nitrogens with zero attached hydrogens (tertiary/aromatic N) is 2. The first-order valence-corrected chi connectivity index (χ1v) is 13.1. The molecule has 188 valence electrons. The van der Waals surface area contributed by atoms with Crippen molar-refractivity contribution in [2.75, 3.05) is 20.3 Å². The zero-order valence-electron chi connectivity index (χ0n) is 20.5. The third kappa shape index (κ3) is 5.53. The zero-order valence-corrected chi connectivity index (χ0v) is 22.9. The van der Waals surface area contributed by atoms with Crippen LogP contribution in [0.1, 0.15) is 37.9 Å². The number of rotatable bonds is 8. The molecule has 2 aromatic carbocycles. The maximum absolute atomic E-state index is 13.8. The summed E-state index contributed by atoms with van der Waals surface area (Å²) in [6.45, 7) is 5.99. The van der Waals surface area contributed by atoms with Crippen molar-refractivity contribution >= 4 is 39.3 Å². The number of esters is 1. The second-order valence-corrected chi connectivity index (χ2v) is 10.4. The Hall–Kier alpha value is -3.01. The highest BCUT2D eigenvalue weighted by Crippen LogP contribution is 2.36. The van der Waals surface area contributed by atoms with Crippen LogP contribution in [0.3, 0.4) is 0 Å². The predicted octanol–water partition coefficient (Wildman–Crippen LogP) is 3.97. The number of hydrogen-bond acceptors (Lipinski definition) is 7. The fraction of sp³-hybridized carbons (Fsp3) is 0.296. The van der Waals surface area contributed by atoms with E-state index in [1.54, 1.807) is 11.5 Å². The van der Waals surface area contributed by atoms with Gasteiger partial charge in [0.25, 0.3) is 5.56 Å². The van der Waals surface area contributed by atoms with Crippen LogP contribution in [0.5, 0.6) is 5.75 Å². The van der Waals surface area contributed by atoms with Gasteiger partial charge in [0.05, 0.1) is 28.5 Å². The molecule has 0 unspecified atom stereocenters. The van der Waals surface area contributed by atoms with Gasteiger partial charge in [0.1, 0.15) is 18.4 Å². The summed E-state index contributed by atoms with van der Waals surface area (Å²) in [7, 11) is 1.54. The van der Waals surface area contributed by atoms with E-state index in [9.17, 15) is 9.59 Å². The fourth-order valence-electron chi connectivity index (χ4n) is 3.95. The summed E-state index contributed by atoms with van der Waals surface area (Å²) in [5.41, 5.74) is 2.14. The first-order chi connectivity index (χ1) is 17.3. The molecule has 0 spiro atoms. The number of hydrogen-bond donors (Lipinski definition) is 0. The van der Waals surface area contributed by atoms with Crippen LogP contribution in [0, 0.1) is 0 Å². The number of thiazole rings is 1. The summed E-state index contributed by atoms with van der Waals surface area (Å²) >= 11 is 4.72. The fourth-order valence-corrected chi connectivity index (χ4v) is 5.26. The van der Waals surface area contributed by atoms with Gasteiger partial charge < -0.3 is 14.2 Å². The Morgan fingerprint density at radius 2 is 1.89 bits per heavy atom. The van der Waals surface area contributed by atoms with Crippen molar-refractivity contribution < 1.29 is 19.0 Å². The maximum atomic E-state index is 13.8. The quantitative estimate of drug-likeness (QED) is 0.302. The lowest BCUT2D eigenvalue weighted by molar-refractivity contribution is -0.140. The van der Waals surface area contributed by atoms with E-state index in [4.69, 9.17) is 14.2 Å². The highest BCUT2D eigenvalue weighted by Gasteiger charge is 2.35. The smallest absolute Gasteiger partial charge is 0.338 e. The third-order valence-electron chi connectivity index (χ3n) is 5.51. The molecule has 1 atom stereocenters. The highest BCUT2D eigenvalue weighted by atomic mass is 79.9. The third-order valence-corrected chi connectivity index (χ3v) is 7.02. The molecular weight excluding hydrogens is 544 g/mol. The first-order valence-electron chi connectivity index (χ1n) is 11.5. The lowest BCUT2D eigenvalue weighted by Gasteiger charge is -2.27. The summed E-state index contributed by atoms with van der Waals surface area (Å²) in [4.78, 5) is 32.2. The number of halogens is 1. The number of para-hydroxylation sites is 1. The lowest BCUT2D eigenvalue weighted by Crippen LogP contribution is -2.40. The van der Waals surface area contributed by atoms with Crippen LogP contribution in [-0.2, 0) is 14.3 Å². The Balaban J connectivity index is 1.92. The molecular formula is C27H27BrN2O5S. The minimum atomic E-state index is -0.752. The molecule has 2 heterocycles. The van der Waals surface area contributed by atoms with Gasteiger partial charge in [-0.25, -0.2) is 9.79 Å². The number of allylic oxidation sites excluding steroid dienone is 1. The summed E-state index contributed by atoms with van der Waals surface area (Å²) in [6.07, 6.45) is 1.74. The number of fused-ring (bicyclic) bond motifs is 1. The van der Waals surface area contributed by atoms with Crippen LogP contribution >= 0.6 is 27.3 Å².